The zero-order valence-corrected chi connectivity index (χ0v) is 17.7. The maximum Gasteiger partial charge on any atom is 0.347 e. The van der Waals surface area contributed by atoms with Gasteiger partial charge in [-0.15, -0.1) is 0 Å². The van der Waals surface area contributed by atoms with E-state index in [2.05, 4.69) is 0 Å². The lowest BCUT2D eigenvalue weighted by molar-refractivity contribution is -0.150. The molecule has 4 aromatic rings. The number of aryl methyl sites for hydroxylation is 1. The lowest BCUT2D eigenvalue weighted by atomic mass is 10.0. The number of methoxy groups -OCH3 is 1. The highest BCUT2D eigenvalue weighted by atomic mass is 16.6. The summed E-state index contributed by atoms with van der Waals surface area (Å²) in [4.78, 5) is 24.2. The molecule has 0 amide bonds. The zero-order valence-electron chi connectivity index (χ0n) is 17.7. The van der Waals surface area contributed by atoms with E-state index in [-0.39, 0.29) is 6.61 Å². The van der Waals surface area contributed by atoms with E-state index >= 15 is 0 Å². The van der Waals surface area contributed by atoms with Gasteiger partial charge >= 0.3 is 11.6 Å². The fourth-order valence-corrected chi connectivity index (χ4v) is 3.45. The van der Waals surface area contributed by atoms with Crippen LogP contribution in [0.25, 0.3) is 33.3 Å². The van der Waals surface area contributed by atoms with E-state index in [1.165, 1.54) is 6.07 Å². The number of carbonyl (C=O) groups is 1. The fraction of sp³-hybridized carbons (Fsp3) is 0.250. The first-order valence-corrected chi connectivity index (χ1v) is 9.90. The first-order chi connectivity index (χ1) is 14.9. The van der Waals surface area contributed by atoms with Crippen LogP contribution in [0.1, 0.15) is 19.4 Å². The van der Waals surface area contributed by atoms with Crippen molar-refractivity contribution in [2.24, 2.45) is 0 Å². The summed E-state index contributed by atoms with van der Waals surface area (Å²) in [5.41, 5.74) is 1.75. The predicted octanol–water partition coefficient (Wildman–Crippen LogP) is 4.85. The van der Waals surface area contributed by atoms with Gasteiger partial charge in [-0.25, -0.2) is 9.59 Å². The normalized spacial score (nSPS) is 12.1. The number of hydrogen-bond donors (Lipinski definition) is 0. The third-order valence-electron chi connectivity index (χ3n) is 4.96. The molecule has 160 valence electrons. The second-order valence-corrected chi connectivity index (χ2v) is 7.09. The summed E-state index contributed by atoms with van der Waals surface area (Å²) >= 11 is 0. The molecule has 0 unspecified atom stereocenters. The molecule has 31 heavy (non-hydrogen) atoms. The van der Waals surface area contributed by atoms with Gasteiger partial charge in [-0.1, -0.05) is 12.1 Å². The second-order valence-electron chi connectivity index (χ2n) is 7.09. The maximum atomic E-state index is 12.2. The summed E-state index contributed by atoms with van der Waals surface area (Å²) < 4.78 is 27.7. The highest BCUT2D eigenvalue weighted by molar-refractivity contribution is 5.96. The quantitative estimate of drug-likeness (QED) is 0.324. The lowest BCUT2D eigenvalue weighted by Gasteiger charge is -2.16. The van der Waals surface area contributed by atoms with Gasteiger partial charge in [0.15, 0.2) is 17.4 Å². The Labute approximate surface area is 178 Å². The van der Waals surface area contributed by atoms with Crippen LogP contribution in [0.3, 0.4) is 0 Å². The van der Waals surface area contributed by atoms with Gasteiger partial charge in [0.05, 0.1) is 13.7 Å². The summed E-state index contributed by atoms with van der Waals surface area (Å²) in [6.45, 7) is 5.45. The molecular formula is C24H22O7. The van der Waals surface area contributed by atoms with Crippen LogP contribution in [0.2, 0.25) is 0 Å². The second kappa shape index (κ2) is 8.18. The van der Waals surface area contributed by atoms with Gasteiger partial charge in [0, 0.05) is 22.4 Å². The van der Waals surface area contributed by atoms with Crippen LogP contribution in [0.4, 0.5) is 0 Å². The Balaban J connectivity index is 1.86. The van der Waals surface area contributed by atoms with Crippen molar-refractivity contribution < 1.29 is 27.8 Å². The number of fused-ring (bicyclic) bond motifs is 2. The van der Waals surface area contributed by atoms with E-state index in [4.69, 9.17) is 23.0 Å². The van der Waals surface area contributed by atoms with Crippen LogP contribution in [0.15, 0.2) is 56.1 Å². The third kappa shape index (κ3) is 3.86. The standard InChI is InChI=1S/C24H22O7/c1-5-28-24(26)14(3)29-19-11-16-17(12-22(25)30-20(16)9-13(19)2)21-10-15-7-6-8-18(27-4)23(15)31-21/h6-12,14H,5H2,1-4H3/t14-/m1/s1. The summed E-state index contributed by atoms with van der Waals surface area (Å²) in [6.07, 6.45) is -0.786. The largest absolute Gasteiger partial charge is 0.493 e. The van der Waals surface area contributed by atoms with Crippen LogP contribution in [-0.4, -0.2) is 25.8 Å². The number of hydrogen-bond acceptors (Lipinski definition) is 7. The zero-order chi connectivity index (χ0) is 22.1. The van der Waals surface area contributed by atoms with E-state index in [1.807, 2.05) is 25.1 Å². The molecule has 0 aliphatic rings. The number of furan rings is 1. The van der Waals surface area contributed by atoms with Gasteiger partial charge < -0.3 is 23.0 Å². The Bertz CT molecular complexity index is 1330. The number of para-hydroxylation sites is 1. The first-order valence-electron chi connectivity index (χ1n) is 9.90. The highest BCUT2D eigenvalue weighted by Crippen LogP contribution is 2.37. The number of carbonyl (C=O) groups excluding carboxylic acids is 1. The fourth-order valence-electron chi connectivity index (χ4n) is 3.45. The molecule has 0 fully saturated rings. The van der Waals surface area contributed by atoms with Crippen molar-refractivity contribution in [2.75, 3.05) is 13.7 Å². The van der Waals surface area contributed by atoms with E-state index in [0.717, 1.165) is 10.9 Å². The molecule has 2 aromatic carbocycles. The van der Waals surface area contributed by atoms with Crippen molar-refractivity contribution in [3.05, 3.63) is 58.4 Å². The molecule has 0 saturated heterocycles. The Hall–Kier alpha value is -3.74. The number of rotatable bonds is 6. The monoisotopic (exact) mass is 422 g/mol. The van der Waals surface area contributed by atoms with Gasteiger partial charge in [0.25, 0.3) is 0 Å². The van der Waals surface area contributed by atoms with Crippen molar-refractivity contribution in [3.63, 3.8) is 0 Å². The molecular weight excluding hydrogens is 400 g/mol. The van der Waals surface area contributed by atoms with E-state index in [9.17, 15) is 9.59 Å². The molecule has 2 heterocycles. The van der Waals surface area contributed by atoms with Crippen molar-refractivity contribution in [1.82, 2.24) is 0 Å². The van der Waals surface area contributed by atoms with Crippen molar-refractivity contribution >= 4 is 27.9 Å². The topological polar surface area (TPSA) is 88.1 Å². The van der Waals surface area contributed by atoms with Gasteiger partial charge in [-0.2, -0.15) is 0 Å². The van der Waals surface area contributed by atoms with Crippen LogP contribution in [0.5, 0.6) is 11.5 Å². The molecule has 2 aromatic heterocycles. The van der Waals surface area contributed by atoms with Gasteiger partial charge in [-0.05, 0) is 50.6 Å². The predicted molar refractivity (Wildman–Crippen MR) is 116 cm³/mol. The van der Waals surface area contributed by atoms with Gasteiger partial charge in [0.2, 0.25) is 0 Å². The van der Waals surface area contributed by atoms with E-state index in [0.29, 0.717) is 39.4 Å². The molecule has 0 spiro atoms. The van der Waals surface area contributed by atoms with E-state index in [1.54, 1.807) is 39.2 Å². The SMILES string of the molecule is CCOC(=O)[C@@H](C)Oc1cc2c(-c3cc4cccc(OC)c4o3)cc(=O)oc2cc1C. The Morgan fingerprint density at radius 3 is 2.65 bits per heavy atom. The minimum absolute atomic E-state index is 0.272. The van der Waals surface area contributed by atoms with Gasteiger partial charge in [-0.3, -0.25) is 0 Å². The maximum absolute atomic E-state index is 12.2. The minimum Gasteiger partial charge on any atom is -0.493 e. The molecule has 0 N–H and O–H groups in total. The average Bonchev–Trinajstić information content (AvgIpc) is 3.18. The summed E-state index contributed by atoms with van der Waals surface area (Å²) in [6, 6.07) is 12.2. The Kier molecular flexibility index (Phi) is 5.42. The summed E-state index contributed by atoms with van der Waals surface area (Å²) in [5.74, 6) is 1.12. The average molecular weight is 422 g/mol. The molecule has 0 bridgehead atoms. The van der Waals surface area contributed by atoms with Crippen molar-refractivity contribution in [3.8, 4) is 22.8 Å². The molecule has 0 aliphatic carbocycles. The van der Waals surface area contributed by atoms with Crippen LogP contribution in [-0.2, 0) is 9.53 Å². The highest BCUT2D eigenvalue weighted by Gasteiger charge is 2.20. The number of ether oxygens (including phenoxy) is 3. The summed E-state index contributed by atoms with van der Waals surface area (Å²) in [5, 5.41) is 1.46. The van der Waals surface area contributed by atoms with Crippen LogP contribution in [0, 0.1) is 6.92 Å². The Morgan fingerprint density at radius 1 is 1.10 bits per heavy atom. The lowest BCUT2D eigenvalue weighted by Crippen LogP contribution is -2.26. The smallest absolute Gasteiger partial charge is 0.347 e. The van der Waals surface area contributed by atoms with Crippen LogP contribution < -0.4 is 15.1 Å². The number of esters is 1. The minimum atomic E-state index is -0.786. The Morgan fingerprint density at radius 2 is 1.90 bits per heavy atom. The molecule has 7 heteroatoms. The number of benzene rings is 2. The summed E-state index contributed by atoms with van der Waals surface area (Å²) in [7, 11) is 1.57. The van der Waals surface area contributed by atoms with Crippen molar-refractivity contribution in [1.29, 1.82) is 0 Å². The molecule has 0 radical (unpaired) electrons. The van der Waals surface area contributed by atoms with Crippen molar-refractivity contribution in [2.45, 2.75) is 26.9 Å². The molecule has 7 nitrogen and oxygen atoms in total. The molecule has 0 saturated carbocycles. The van der Waals surface area contributed by atoms with E-state index < -0.39 is 17.7 Å². The third-order valence-corrected chi connectivity index (χ3v) is 4.96. The van der Waals surface area contributed by atoms with Gasteiger partial charge in [0.1, 0.15) is 17.1 Å². The first kappa shape index (κ1) is 20.5. The van der Waals surface area contributed by atoms with Crippen LogP contribution >= 0.6 is 0 Å². The molecule has 1 atom stereocenters. The molecule has 4 rings (SSSR count). The molecule has 0 aliphatic heterocycles.